The number of nitrogens with zero attached hydrogens (tertiary/aromatic N) is 2. The van der Waals surface area contributed by atoms with E-state index in [2.05, 4.69) is 12.0 Å². The van der Waals surface area contributed by atoms with E-state index in [4.69, 9.17) is 4.74 Å². The molecule has 0 saturated heterocycles. The number of unbranched alkanes of at least 4 members (excludes halogenated alkanes) is 2. The van der Waals surface area contributed by atoms with Gasteiger partial charge < -0.3 is 9.84 Å². The lowest BCUT2D eigenvalue weighted by Crippen LogP contribution is -2.45. The van der Waals surface area contributed by atoms with Crippen LogP contribution < -0.4 is 4.74 Å². The monoisotopic (exact) mass is 434 g/mol. The van der Waals surface area contributed by atoms with Crippen LogP contribution in [0.5, 0.6) is 5.75 Å². The quantitative estimate of drug-likeness (QED) is 0.608. The normalized spacial score (nSPS) is 18.7. The summed E-state index contributed by atoms with van der Waals surface area (Å²) >= 11 is 0. The molecule has 1 heterocycles. The first-order chi connectivity index (χ1) is 14.7. The molecule has 1 amide bonds. The number of hydrogen-bond acceptors (Lipinski definition) is 4. The predicted molar refractivity (Wildman–Crippen MR) is 110 cm³/mol. The van der Waals surface area contributed by atoms with E-state index in [1.165, 1.54) is 0 Å². The van der Waals surface area contributed by atoms with E-state index < -0.39 is 36.5 Å². The number of ether oxygens (including phenoxy) is 1. The number of hydrazone groups is 1. The maximum atomic E-state index is 13.3. The zero-order valence-corrected chi connectivity index (χ0v) is 17.2. The molecule has 1 aliphatic rings. The molecule has 31 heavy (non-hydrogen) atoms. The summed E-state index contributed by atoms with van der Waals surface area (Å²) in [5, 5.41) is 15.1. The number of alkyl halides is 3. The van der Waals surface area contributed by atoms with Crippen LogP contribution in [0.25, 0.3) is 0 Å². The summed E-state index contributed by atoms with van der Waals surface area (Å²) in [4.78, 5) is 12.7. The number of para-hydroxylation sites is 1. The molecule has 8 heteroatoms. The highest BCUT2D eigenvalue weighted by Crippen LogP contribution is 2.39. The van der Waals surface area contributed by atoms with Gasteiger partial charge in [-0.2, -0.15) is 23.3 Å². The summed E-state index contributed by atoms with van der Waals surface area (Å²) in [6.07, 6.45) is -1.60. The molecular formula is C23H25F3N2O3. The molecule has 0 fully saturated rings. The number of carbonyl (C=O) groups is 1. The molecule has 0 aromatic heterocycles. The Morgan fingerprint density at radius 3 is 2.42 bits per heavy atom. The van der Waals surface area contributed by atoms with Crippen molar-refractivity contribution in [3.8, 4) is 5.75 Å². The Morgan fingerprint density at radius 1 is 1.13 bits per heavy atom. The van der Waals surface area contributed by atoms with Gasteiger partial charge in [-0.05, 0) is 30.5 Å². The van der Waals surface area contributed by atoms with E-state index in [1.807, 2.05) is 0 Å². The van der Waals surface area contributed by atoms with Gasteiger partial charge in [0, 0.05) is 5.56 Å². The van der Waals surface area contributed by atoms with E-state index >= 15 is 0 Å². The Hall–Kier alpha value is -2.87. The van der Waals surface area contributed by atoms with Crippen LogP contribution in [0.2, 0.25) is 0 Å². The molecule has 2 aromatic carbocycles. The number of benzene rings is 2. The molecule has 0 bridgehead atoms. The van der Waals surface area contributed by atoms with Crippen LogP contribution >= 0.6 is 0 Å². The van der Waals surface area contributed by atoms with Crippen LogP contribution in [-0.4, -0.2) is 34.5 Å². The Balaban J connectivity index is 1.81. The molecule has 1 atom stereocenters. The predicted octanol–water partition coefficient (Wildman–Crippen LogP) is 4.79. The average Bonchev–Trinajstić information content (AvgIpc) is 3.13. The summed E-state index contributed by atoms with van der Waals surface area (Å²) in [7, 11) is 0. The maximum Gasteiger partial charge on any atom is 0.431 e. The van der Waals surface area contributed by atoms with Crippen LogP contribution in [0.15, 0.2) is 59.7 Å². The van der Waals surface area contributed by atoms with Gasteiger partial charge in [0.25, 0.3) is 5.91 Å². The molecule has 0 spiro atoms. The SMILES string of the molecule is CCCCCc1ccc([C@@]2(O)CC(C(F)(F)F)=NN2C(=O)COc2ccccc2)cc1. The second kappa shape index (κ2) is 9.51. The fourth-order valence-corrected chi connectivity index (χ4v) is 3.43. The van der Waals surface area contributed by atoms with Crippen molar-refractivity contribution in [3.63, 3.8) is 0 Å². The van der Waals surface area contributed by atoms with Gasteiger partial charge in [0.05, 0.1) is 6.42 Å². The third-order valence-corrected chi connectivity index (χ3v) is 5.14. The summed E-state index contributed by atoms with van der Waals surface area (Å²) in [5.41, 5.74) is -2.26. The number of rotatable bonds is 8. The lowest BCUT2D eigenvalue weighted by Gasteiger charge is -2.31. The van der Waals surface area contributed by atoms with Crippen LogP contribution in [0.3, 0.4) is 0 Å². The minimum absolute atomic E-state index is 0.169. The molecule has 166 valence electrons. The first-order valence-electron chi connectivity index (χ1n) is 10.2. The summed E-state index contributed by atoms with van der Waals surface area (Å²) < 4.78 is 45.4. The molecule has 3 rings (SSSR count). The molecule has 1 N–H and O–H groups in total. The largest absolute Gasteiger partial charge is 0.484 e. The van der Waals surface area contributed by atoms with Crippen molar-refractivity contribution >= 4 is 11.6 Å². The second-order valence-corrected chi connectivity index (χ2v) is 7.50. The van der Waals surface area contributed by atoms with Crippen LogP contribution in [0, 0.1) is 0 Å². The number of halogens is 3. The van der Waals surface area contributed by atoms with Crippen molar-refractivity contribution in [2.45, 2.75) is 50.9 Å². The molecule has 1 aliphatic heterocycles. The van der Waals surface area contributed by atoms with E-state index in [9.17, 15) is 23.1 Å². The maximum absolute atomic E-state index is 13.3. The van der Waals surface area contributed by atoms with Crippen molar-refractivity contribution in [2.24, 2.45) is 5.10 Å². The minimum atomic E-state index is -4.76. The van der Waals surface area contributed by atoms with Gasteiger partial charge in [-0.1, -0.05) is 62.2 Å². The molecule has 0 aliphatic carbocycles. The standard InChI is InChI=1S/C23H25F3N2O3/c1-2-3-5-8-17-11-13-18(14-12-17)22(30)15-20(23(24,25)26)27-28(22)21(29)16-31-19-9-6-4-7-10-19/h4,6-7,9-14,30H,2-3,5,8,15-16H2,1H3/t22-/m0/s1. The van der Waals surface area contributed by atoms with E-state index in [1.54, 1.807) is 54.6 Å². The zero-order valence-electron chi connectivity index (χ0n) is 17.2. The van der Waals surface area contributed by atoms with E-state index in [0.29, 0.717) is 10.8 Å². The lowest BCUT2D eigenvalue weighted by molar-refractivity contribution is -0.160. The van der Waals surface area contributed by atoms with Crippen molar-refractivity contribution in [3.05, 3.63) is 65.7 Å². The van der Waals surface area contributed by atoms with Gasteiger partial charge in [-0.25, -0.2) is 0 Å². The first-order valence-corrected chi connectivity index (χ1v) is 10.2. The van der Waals surface area contributed by atoms with E-state index in [0.717, 1.165) is 31.2 Å². The molecule has 0 saturated carbocycles. The molecular weight excluding hydrogens is 409 g/mol. The number of aliphatic hydroxyl groups is 1. The Labute approximate surface area is 179 Å². The second-order valence-electron chi connectivity index (χ2n) is 7.50. The topological polar surface area (TPSA) is 62.1 Å². The van der Waals surface area contributed by atoms with Crippen molar-refractivity contribution in [1.82, 2.24) is 5.01 Å². The van der Waals surface area contributed by atoms with Gasteiger partial charge >= 0.3 is 6.18 Å². The number of hydrogen-bond donors (Lipinski definition) is 1. The first kappa shape index (κ1) is 22.8. The van der Waals surface area contributed by atoms with Crippen molar-refractivity contribution in [2.75, 3.05) is 6.61 Å². The van der Waals surface area contributed by atoms with Crippen molar-refractivity contribution < 1.29 is 27.8 Å². The molecule has 2 aromatic rings. The molecule has 5 nitrogen and oxygen atoms in total. The fraction of sp³-hybridized carbons (Fsp3) is 0.391. The zero-order chi connectivity index (χ0) is 22.5. The fourth-order valence-electron chi connectivity index (χ4n) is 3.43. The third kappa shape index (κ3) is 5.44. The number of amides is 1. The van der Waals surface area contributed by atoms with Crippen LogP contribution in [-0.2, 0) is 16.9 Å². The Kier molecular flexibility index (Phi) is 7.00. The van der Waals surface area contributed by atoms with Gasteiger partial charge in [-0.3, -0.25) is 4.79 Å². The van der Waals surface area contributed by atoms with Gasteiger partial charge in [-0.15, -0.1) is 0 Å². The van der Waals surface area contributed by atoms with Crippen LogP contribution in [0.4, 0.5) is 13.2 Å². The molecule has 0 radical (unpaired) electrons. The highest BCUT2D eigenvalue weighted by molar-refractivity contribution is 5.94. The third-order valence-electron chi connectivity index (χ3n) is 5.14. The van der Waals surface area contributed by atoms with Crippen molar-refractivity contribution in [1.29, 1.82) is 0 Å². The summed E-state index contributed by atoms with van der Waals surface area (Å²) in [5.74, 6) is -0.493. The average molecular weight is 434 g/mol. The molecule has 0 unspecified atom stereocenters. The smallest absolute Gasteiger partial charge is 0.431 e. The number of aryl methyl sites for hydroxylation is 1. The van der Waals surface area contributed by atoms with Crippen LogP contribution in [0.1, 0.15) is 43.7 Å². The lowest BCUT2D eigenvalue weighted by atomic mass is 9.95. The number of carbonyl (C=O) groups excluding carboxylic acids is 1. The Bertz CT molecular complexity index is 914. The minimum Gasteiger partial charge on any atom is -0.484 e. The van der Waals surface area contributed by atoms with Gasteiger partial charge in [0.15, 0.2) is 12.3 Å². The summed E-state index contributed by atoms with van der Waals surface area (Å²) in [6.45, 7) is 1.54. The van der Waals surface area contributed by atoms with Gasteiger partial charge in [0.2, 0.25) is 0 Å². The van der Waals surface area contributed by atoms with E-state index in [-0.39, 0.29) is 5.56 Å². The van der Waals surface area contributed by atoms with Gasteiger partial charge in [0.1, 0.15) is 11.5 Å². The highest BCUT2D eigenvalue weighted by atomic mass is 19.4. The Morgan fingerprint density at radius 2 is 1.81 bits per heavy atom. The summed E-state index contributed by atoms with van der Waals surface area (Å²) in [6, 6.07) is 15.0. The highest BCUT2D eigenvalue weighted by Gasteiger charge is 2.53.